The fraction of sp³-hybridized carbons (Fsp3) is 0.357. The van der Waals surface area contributed by atoms with Crippen LogP contribution in [0.15, 0.2) is 42.7 Å². The first kappa shape index (κ1) is 12.5. The van der Waals surface area contributed by atoms with Crippen LogP contribution in [0.1, 0.15) is 32.4 Å². The second-order valence-corrected chi connectivity index (χ2v) is 5.10. The Bertz CT molecular complexity index is 448. The number of ether oxygens (including phenoxy) is 1. The van der Waals surface area contributed by atoms with E-state index in [1.54, 1.807) is 0 Å². The zero-order valence-corrected chi connectivity index (χ0v) is 10.8. The molecule has 96 valence electrons. The number of hydroxylamine groups is 2. The average molecular weight is 247 g/mol. The number of hydrogen-bond donors (Lipinski definition) is 0. The molecule has 1 amide bonds. The quantitative estimate of drug-likeness (QED) is 0.763. The Morgan fingerprint density at radius 1 is 1.28 bits per heavy atom. The van der Waals surface area contributed by atoms with Crippen molar-refractivity contribution in [2.45, 2.75) is 32.4 Å². The van der Waals surface area contributed by atoms with Crippen LogP contribution in [-0.2, 0) is 9.57 Å². The average Bonchev–Trinajstić information content (AvgIpc) is 2.76. The minimum atomic E-state index is -0.537. The predicted molar refractivity (Wildman–Crippen MR) is 67.5 cm³/mol. The van der Waals surface area contributed by atoms with Crippen molar-refractivity contribution in [1.29, 1.82) is 0 Å². The molecule has 1 heterocycles. The number of carbonyl (C=O) groups excluding carboxylic acids is 1. The van der Waals surface area contributed by atoms with E-state index in [0.717, 1.165) is 5.56 Å². The third kappa shape index (κ3) is 2.83. The van der Waals surface area contributed by atoms with Crippen molar-refractivity contribution in [2.24, 2.45) is 0 Å². The fourth-order valence-electron chi connectivity index (χ4n) is 1.68. The van der Waals surface area contributed by atoms with Gasteiger partial charge in [0.1, 0.15) is 17.9 Å². The Morgan fingerprint density at radius 2 is 1.94 bits per heavy atom. The van der Waals surface area contributed by atoms with Gasteiger partial charge in [0.25, 0.3) is 0 Å². The lowest BCUT2D eigenvalue weighted by atomic mass is 10.1. The van der Waals surface area contributed by atoms with E-state index >= 15 is 0 Å². The van der Waals surface area contributed by atoms with Gasteiger partial charge in [0.05, 0.1) is 0 Å². The van der Waals surface area contributed by atoms with Gasteiger partial charge in [-0.3, -0.25) is 0 Å². The zero-order valence-electron chi connectivity index (χ0n) is 10.8. The van der Waals surface area contributed by atoms with E-state index in [1.165, 1.54) is 11.3 Å². The van der Waals surface area contributed by atoms with E-state index in [9.17, 15) is 4.79 Å². The molecule has 0 saturated heterocycles. The number of nitrogens with zero attached hydrogens (tertiary/aromatic N) is 1. The van der Waals surface area contributed by atoms with Gasteiger partial charge in [0.15, 0.2) is 0 Å². The topological polar surface area (TPSA) is 38.8 Å². The number of carbonyl (C=O) groups is 1. The maximum absolute atomic E-state index is 12.0. The van der Waals surface area contributed by atoms with E-state index in [1.807, 2.05) is 57.2 Å². The normalized spacial score (nSPS) is 18.6. The Morgan fingerprint density at radius 3 is 2.56 bits per heavy atom. The summed E-state index contributed by atoms with van der Waals surface area (Å²) in [6.45, 7) is 5.48. The summed E-state index contributed by atoms with van der Waals surface area (Å²) in [4.78, 5) is 17.2. The zero-order chi connectivity index (χ0) is 13.2. The highest BCUT2D eigenvalue weighted by atomic mass is 16.7. The van der Waals surface area contributed by atoms with Gasteiger partial charge in [-0.2, -0.15) is 0 Å². The highest BCUT2D eigenvalue weighted by Gasteiger charge is 2.32. The molecule has 0 spiro atoms. The van der Waals surface area contributed by atoms with Crippen LogP contribution in [0, 0.1) is 0 Å². The largest absolute Gasteiger partial charge is 0.444 e. The molecule has 18 heavy (non-hydrogen) atoms. The Balaban J connectivity index is 2.13. The molecule has 2 rings (SSSR count). The van der Waals surface area contributed by atoms with Crippen LogP contribution in [0.4, 0.5) is 4.79 Å². The standard InChI is InChI=1S/C14H17NO3/c1-14(2,3)18-13(16)15-12(9-10-17-15)11-7-5-4-6-8-11/h4-10,12H,1-3H3/t12-/m0/s1. The van der Waals surface area contributed by atoms with Crippen molar-refractivity contribution >= 4 is 6.09 Å². The van der Waals surface area contributed by atoms with Crippen LogP contribution in [0.3, 0.4) is 0 Å². The van der Waals surface area contributed by atoms with Gasteiger partial charge in [-0.05, 0) is 32.4 Å². The summed E-state index contributed by atoms with van der Waals surface area (Å²) in [5, 5.41) is 1.24. The van der Waals surface area contributed by atoms with E-state index in [0.29, 0.717) is 0 Å². The molecule has 0 unspecified atom stereocenters. The van der Waals surface area contributed by atoms with Gasteiger partial charge in [0.2, 0.25) is 0 Å². The van der Waals surface area contributed by atoms with E-state index in [-0.39, 0.29) is 6.04 Å². The molecule has 1 atom stereocenters. The van der Waals surface area contributed by atoms with Crippen LogP contribution in [0.5, 0.6) is 0 Å². The van der Waals surface area contributed by atoms with Crippen molar-refractivity contribution < 1.29 is 14.4 Å². The molecular formula is C14H17NO3. The monoisotopic (exact) mass is 247 g/mol. The second-order valence-electron chi connectivity index (χ2n) is 5.10. The molecule has 1 aromatic carbocycles. The summed E-state index contributed by atoms with van der Waals surface area (Å²) in [5.41, 5.74) is 0.446. The second kappa shape index (κ2) is 4.72. The predicted octanol–water partition coefficient (Wildman–Crippen LogP) is 3.42. The molecule has 0 fully saturated rings. The minimum absolute atomic E-state index is 0.235. The molecule has 0 aromatic heterocycles. The van der Waals surface area contributed by atoms with Gasteiger partial charge in [-0.1, -0.05) is 30.3 Å². The molecule has 4 nitrogen and oxygen atoms in total. The van der Waals surface area contributed by atoms with Gasteiger partial charge in [0, 0.05) is 0 Å². The maximum Gasteiger partial charge on any atom is 0.444 e. The Kier molecular flexibility index (Phi) is 3.28. The summed E-state index contributed by atoms with van der Waals surface area (Å²) in [7, 11) is 0. The van der Waals surface area contributed by atoms with E-state index in [4.69, 9.17) is 9.57 Å². The molecule has 0 aliphatic carbocycles. The number of amides is 1. The molecular weight excluding hydrogens is 230 g/mol. The first-order valence-electron chi connectivity index (χ1n) is 5.88. The first-order valence-corrected chi connectivity index (χ1v) is 5.88. The Labute approximate surface area is 107 Å². The van der Waals surface area contributed by atoms with Gasteiger partial charge < -0.3 is 9.57 Å². The van der Waals surface area contributed by atoms with Gasteiger partial charge in [-0.15, -0.1) is 5.06 Å². The highest BCUT2D eigenvalue weighted by molar-refractivity contribution is 5.68. The maximum atomic E-state index is 12.0. The smallest absolute Gasteiger partial charge is 0.442 e. The lowest BCUT2D eigenvalue weighted by Crippen LogP contribution is -2.35. The summed E-state index contributed by atoms with van der Waals surface area (Å²) >= 11 is 0. The number of rotatable bonds is 1. The van der Waals surface area contributed by atoms with Crippen molar-refractivity contribution in [1.82, 2.24) is 5.06 Å². The van der Waals surface area contributed by atoms with Crippen molar-refractivity contribution in [2.75, 3.05) is 0 Å². The molecule has 0 saturated carbocycles. The lowest BCUT2D eigenvalue weighted by molar-refractivity contribution is -0.104. The van der Waals surface area contributed by atoms with Crippen LogP contribution in [-0.4, -0.2) is 16.8 Å². The van der Waals surface area contributed by atoms with Gasteiger partial charge in [-0.25, -0.2) is 4.79 Å². The van der Waals surface area contributed by atoms with Crippen LogP contribution >= 0.6 is 0 Å². The SMILES string of the molecule is CC(C)(C)OC(=O)N1OC=C[C@H]1c1ccccc1. The molecule has 1 aliphatic heterocycles. The Hall–Kier alpha value is -1.97. The highest BCUT2D eigenvalue weighted by Crippen LogP contribution is 2.28. The molecule has 1 aliphatic rings. The molecule has 1 aromatic rings. The molecule has 0 bridgehead atoms. The van der Waals surface area contributed by atoms with Crippen molar-refractivity contribution in [3.63, 3.8) is 0 Å². The van der Waals surface area contributed by atoms with E-state index < -0.39 is 11.7 Å². The molecule has 0 N–H and O–H groups in total. The molecule has 0 radical (unpaired) electrons. The van der Waals surface area contributed by atoms with Gasteiger partial charge >= 0.3 is 6.09 Å². The van der Waals surface area contributed by atoms with E-state index in [2.05, 4.69) is 0 Å². The van der Waals surface area contributed by atoms with Crippen LogP contribution in [0.25, 0.3) is 0 Å². The third-order valence-corrected chi connectivity index (χ3v) is 2.40. The van der Waals surface area contributed by atoms with Crippen molar-refractivity contribution in [3.05, 3.63) is 48.2 Å². The number of hydrogen-bond acceptors (Lipinski definition) is 3. The third-order valence-electron chi connectivity index (χ3n) is 2.40. The summed E-state index contributed by atoms with van der Waals surface area (Å²) in [6, 6.07) is 9.44. The van der Waals surface area contributed by atoms with Crippen LogP contribution in [0.2, 0.25) is 0 Å². The summed E-state index contributed by atoms with van der Waals surface area (Å²) in [5.74, 6) is 0. The molecule has 4 heteroatoms. The minimum Gasteiger partial charge on any atom is -0.442 e. The fourth-order valence-corrected chi connectivity index (χ4v) is 1.68. The summed E-state index contributed by atoms with van der Waals surface area (Å²) in [6.07, 6.45) is 2.84. The first-order chi connectivity index (χ1) is 8.47. The lowest BCUT2D eigenvalue weighted by Gasteiger charge is -2.26. The van der Waals surface area contributed by atoms with Crippen LogP contribution < -0.4 is 0 Å². The number of benzene rings is 1. The summed E-state index contributed by atoms with van der Waals surface area (Å²) < 4.78 is 5.30. The van der Waals surface area contributed by atoms with Crippen molar-refractivity contribution in [3.8, 4) is 0 Å².